The molecule has 1 heterocycles. The van der Waals surface area contributed by atoms with Gasteiger partial charge in [0, 0.05) is 38.1 Å². The third-order valence-corrected chi connectivity index (χ3v) is 2.78. The molecule has 0 unspecified atom stereocenters. The smallest absolute Gasteiger partial charge is 0.154 e. The molecule has 17 heavy (non-hydrogen) atoms. The van der Waals surface area contributed by atoms with Crippen LogP contribution in [0.2, 0.25) is 0 Å². The van der Waals surface area contributed by atoms with Crippen molar-refractivity contribution in [3.63, 3.8) is 0 Å². The lowest BCUT2D eigenvalue weighted by molar-refractivity contribution is -0.119. The predicted octanol–water partition coefficient (Wildman–Crippen LogP) is 2.53. The van der Waals surface area contributed by atoms with Crippen LogP contribution >= 0.6 is 0 Å². The number of rotatable bonds is 2. The molecule has 0 aliphatic carbocycles. The Morgan fingerprint density at radius 3 is 2.35 bits per heavy atom. The molecule has 0 bridgehead atoms. The van der Waals surface area contributed by atoms with E-state index in [2.05, 4.69) is 5.18 Å². The summed E-state index contributed by atoms with van der Waals surface area (Å²) in [6.07, 6.45) is 0.656. The Balaban J connectivity index is 2.29. The van der Waals surface area contributed by atoms with Crippen molar-refractivity contribution in [2.45, 2.75) is 12.8 Å². The van der Waals surface area contributed by atoms with E-state index in [9.17, 15) is 18.5 Å². The molecule has 6 heteroatoms. The zero-order chi connectivity index (χ0) is 12.4. The SMILES string of the molecule is O=Nc1cc(F)c(N2CCC(=O)CC2)cc1F. The van der Waals surface area contributed by atoms with Crippen molar-refractivity contribution < 1.29 is 13.6 Å². The van der Waals surface area contributed by atoms with E-state index in [1.54, 1.807) is 4.90 Å². The van der Waals surface area contributed by atoms with Crippen LogP contribution in [0.4, 0.5) is 20.2 Å². The van der Waals surface area contributed by atoms with Crippen LogP contribution in [-0.4, -0.2) is 18.9 Å². The van der Waals surface area contributed by atoms with Gasteiger partial charge in [-0.25, -0.2) is 8.78 Å². The van der Waals surface area contributed by atoms with E-state index in [4.69, 9.17) is 0 Å². The summed E-state index contributed by atoms with van der Waals surface area (Å²) < 4.78 is 26.9. The number of Topliss-reactive ketones (excluding diaryl/α,β-unsaturated/α-hetero) is 1. The van der Waals surface area contributed by atoms with Crippen molar-refractivity contribution in [1.29, 1.82) is 0 Å². The molecule has 0 amide bonds. The lowest BCUT2D eigenvalue weighted by Crippen LogP contribution is -2.34. The molecule has 0 radical (unpaired) electrons. The number of halogens is 2. The summed E-state index contributed by atoms with van der Waals surface area (Å²) in [5.74, 6) is -1.43. The number of nitrogens with zero attached hydrogens (tertiary/aromatic N) is 2. The Morgan fingerprint density at radius 2 is 1.76 bits per heavy atom. The largest absolute Gasteiger partial charge is 0.368 e. The van der Waals surface area contributed by atoms with Crippen molar-refractivity contribution in [2.24, 2.45) is 5.18 Å². The maximum atomic E-state index is 13.6. The van der Waals surface area contributed by atoms with Gasteiger partial charge in [-0.2, -0.15) is 0 Å². The van der Waals surface area contributed by atoms with Gasteiger partial charge in [-0.3, -0.25) is 4.79 Å². The fourth-order valence-electron chi connectivity index (χ4n) is 1.84. The highest BCUT2D eigenvalue weighted by Crippen LogP contribution is 2.28. The lowest BCUT2D eigenvalue weighted by atomic mass is 10.1. The second-order valence-corrected chi connectivity index (χ2v) is 3.87. The number of nitroso groups, excluding NO2 is 1. The molecular weight excluding hydrogens is 230 g/mol. The summed E-state index contributed by atoms with van der Waals surface area (Å²) in [4.78, 5) is 22.8. The van der Waals surface area contributed by atoms with Gasteiger partial charge < -0.3 is 4.90 Å². The Bertz CT molecular complexity index is 467. The molecule has 1 aromatic carbocycles. The molecule has 0 N–H and O–H groups in total. The molecular formula is C11H10F2N2O2. The molecule has 90 valence electrons. The second kappa shape index (κ2) is 4.57. The molecule has 2 rings (SSSR count). The van der Waals surface area contributed by atoms with Crippen LogP contribution < -0.4 is 4.90 Å². The van der Waals surface area contributed by atoms with Gasteiger partial charge in [0.25, 0.3) is 0 Å². The van der Waals surface area contributed by atoms with Crippen molar-refractivity contribution in [1.82, 2.24) is 0 Å². The van der Waals surface area contributed by atoms with Crippen molar-refractivity contribution >= 4 is 17.2 Å². The molecule has 0 atom stereocenters. The van der Waals surface area contributed by atoms with E-state index in [1.807, 2.05) is 0 Å². The zero-order valence-corrected chi connectivity index (χ0v) is 8.95. The number of ketones is 1. The van der Waals surface area contributed by atoms with Gasteiger partial charge in [0.1, 0.15) is 17.3 Å². The maximum Gasteiger partial charge on any atom is 0.154 e. The fourth-order valence-corrected chi connectivity index (χ4v) is 1.84. The van der Waals surface area contributed by atoms with Gasteiger partial charge in [-0.05, 0) is 5.18 Å². The summed E-state index contributed by atoms with van der Waals surface area (Å²) in [7, 11) is 0. The average molecular weight is 240 g/mol. The van der Waals surface area contributed by atoms with Gasteiger partial charge in [-0.1, -0.05) is 0 Å². The molecule has 0 saturated carbocycles. The van der Waals surface area contributed by atoms with E-state index in [1.165, 1.54) is 0 Å². The quantitative estimate of drug-likeness (QED) is 0.746. The highest BCUT2D eigenvalue weighted by molar-refractivity contribution is 5.81. The summed E-state index contributed by atoms with van der Waals surface area (Å²) in [5.41, 5.74) is -0.471. The number of hydrogen-bond donors (Lipinski definition) is 0. The molecule has 1 aliphatic rings. The van der Waals surface area contributed by atoms with E-state index in [0.717, 1.165) is 12.1 Å². The first-order chi connectivity index (χ1) is 8.11. The number of benzene rings is 1. The molecule has 4 nitrogen and oxygen atoms in total. The van der Waals surface area contributed by atoms with Gasteiger partial charge in [0.05, 0.1) is 5.69 Å². The van der Waals surface area contributed by atoms with Crippen LogP contribution in [0.3, 0.4) is 0 Å². The van der Waals surface area contributed by atoms with E-state index in [-0.39, 0.29) is 11.5 Å². The minimum absolute atomic E-state index is 0.0717. The van der Waals surface area contributed by atoms with E-state index < -0.39 is 17.3 Å². The fraction of sp³-hybridized carbons (Fsp3) is 0.364. The molecule has 1 aromatic rings. The molecule has 0 aromatic heterocycles. The van der Waals surface area contributed by atoms with Crippen LogP contribution in [0, 0.1) is 16.5 Å². The lowest BCUT2D eigenvalue weighted by Gasteiger charge is -2.28. The second-order valence-electron chi connectivity index (χ2n) is 3.87. The van der Waals surface area contributed by atoms with Crippen molar-refractivity contribution in [2.75, 3.05) is 18.0 Å². The van der Waals surface area contributed by atoms with Gasteiger partial charge in [0.15, 0.2) is 5.82 Å². The van der Waals surface area contributed by atoms with E-state index >= 15 is 0 Å². The summed E-state index contributed by atoms with van der Waals surface area (Å²) >= 11 is 0. The van der Waals surface area contributed by atoms with Crippen molar-refractivity contribution in [3.05, 3.63) is 28.7 Å². The van der Waals surface area contributed by atoms with Crippen molar-refractivity contribution in [3.8, 4) is 0 Å². The summed E-state index contributed by atoms with van der Waals surface area (Å²) in [5, 5.41) is 2.39. The van der Waals surface area contributed by atoms with Crippen LogP contribution in [-0.2, 0) is 4.79 Å². The predicted molar refractivity (Wildman–Crippen MR) is 58.3 cm³/mol. The third-order valence-electron chi connectivity index (χ3n) is 2.78. The third kappa shape index (κ3) is 2.30. The highest BCUT2D eigenvalue weighted by Gasteiger charge is 2.21. The number of hydrogen-bond acceptors (Lipinski definition) is 4. The maximum absolute atomic E-state index is 13.6. The van der Waals surface area contributed by atoms with Gasteiger partial charge in [0.2, 0.25) is 0 Å². The normalized spacial score (nSPS) is 16.1. The van der Waals surface area contributed by atoms with Crippen LogP contribution in [0.25, 0.3) is 0 Å². The number of anilines is 1. The molecule has 1 fully saturated rings. The van der Waals surface area contributed by atoms with Gasteiger partial charge in [-0.15, -0.1) is 4.91 Å². The Kier molecular flexibility index (Phi) is 3.12. The monoisotopic (exact) mass is 240 g/mol. The minimum Gasteiger partial charge on any atom is -0.368 e. The standard InChI is InChI=1S/C11H10F2N2O2/c12-8-6-11(9(13)5-10(8)14-17)15-3-1-7(16)2-4-15/h5-6H,1-4H2. The molecule has 1 saturated heterocycles. The topological polar surface area (TPSA) is 49.7 Å². The molecule has 0 spiro atoms. The van der Waals surface area contributed by atoms with E-state index in [0.29, 0.717) is 25.9 Å². The zero-order valence-electron chi connectivity index (χ0n) is 8.95. The van der Waals surface area contributed by atoms with Gasteiger partial charge >= 0.3 is 0 Å². The Labute approximate surface area is 96.2 Å². The Morgan fingerprint density at radius 1 is 1.12 bits per heavy atom. The van der Waals surface area contributed by atoms with Crippen LogP contribution in [0.1, 0.15) is 12.8 Å². The molecule has 1 aliphatic heterocycles. The summed E-state index contributed by atoms with van der Waals surface area (Å²) in [6, 6.07) is 1.72. The highest BCUT2D eigenvalue weighted by atomic mass is 19.1. The average Bonchev–Trinajstić information content (AvgIpc) is 2.33. The number of piperidine rings is 1. The first kappa shape index (κ1) is 11.6. The summed E-state index contributed by atoms with van der Waals surface area (Å²) in [6.45, 7) is 0.728. The first-order valence-electron chi connectivity index (χ1n) is 5.21. The number of carbonyl (C=O) groups excluding carboxylic acids is 1. The minimum atomic E-state index is -0.853. The number of carbonyl (C=O) groups is 1. The first-order valence-corrected chi connectivity index (χ1v) is 5.21. The van der Waals surface area contributed by atoms with Crippen LogP contribution in [0.15, 0.2) is 17.3 Å². The Hall–Kier alpha value is -1.85. The van der Waals surface area contributed by atoms with Crippen LogP contribution in [0.5, 0.6) is 0 Å².